The van der Waals surface area contributed by atoms with Gasteiger partial charge in [-0.15, -0.1) is 0 Å². The van der Waals surface area contributed by atoms with Crippen molar-refractivity contribution in [2.24, 2.45) is 0 Å². The van der Waals surface area contributed by atoms with Crippen molar-refractivity contribution < 1.29 is 76.0 Å². The summed E-state index contributed by atoms with van der Waals surface area (Å²) in [6.45, 7) is 13.6. The Morgan fingerprint density at radius 1 is 0.492 bits per heavy atom. The fraction of sp³-hybridized carbons (Fsp3) is 0.905. The topological polar surface area (TPSA) is 227 Å². The van der Waals surface area contributed by atoms with Crippen LogP contribution in [0.1, 0.15) is 51.9 Å². The van der Waals surface area contributed by atoms with Gasteiger partial charge in [0.2, 0.25) is 11.8 Å². The standard InChI is InChI=1S/C42H78N4O16S/c1-36(47)43-9-4-5-37(48)8-11-51-13-15-53-17-19-55-21-23-57-25-27-59-29-31-61-33-34-62-32-30-60-28-26-58-24-22-56-20-18-54-16-14-52-12-10-44-40(49)7-3-2-6-39-41-38(35-63-39)45-42(50)46-41/h38-39,41H,2-35H2,1H3,(H,43,47)(H,44,49)(H2,45,46,50)/t38-,39-,41-/m0/s1. The van der Waals surface area contributed by atoms with Gasteiger partial charge in [0.15, 0.2) is 0 Å². The van der Waals surface area contributed by atoms with Gasteiger partial charge in [-0.2, -0.15) is 11.8 Å². The first-order valence-electron chi connectivity index (χ1n) is 22.6. The molecule has 0 aromatic rings. The van der Waals surface area contributed by atoms with E-state index >= 15 is 0 Å². The second kappa shape index (κ2) is 42.4. The van der Waals surface area contributed by atoms with Gasteiger partial charge < -0.3 is 78.1 Å². The lowest BCUT2D eigenvalue weighted by Crippen LogP contribution is -2.36. The molecule has 0 aromatic heterocycles. The van der Waals surface area contributed by atoms with Gasteiger partial charge in [-0.1, -0.05) is 6.42 Å². The number of carbonyl (C=O) groups excluding carboxylic acids is 4. The second-order valence-corrected chi connectivity index (χ2v) is 15.7. The van der Waals surface area contributed by atoms with Crippen LogP contribution in [0.2, 0.25) is 0 Å². The van der Waals surface area contributed by atoms with Crippen molar-refractivity contribution in [3.05, 3.63) is 0 Å². The van der Waals surface area contributed by atoms with Crippen molar-refractivity contribution in [2.75, 3.05) is 177 Å². The molecule has 0 radical (unpaired) electrons. The lowest BCUT2D eigenvalue weighted by Gasteiger charge is -2.16. The molecule has 2 fully saturated rings. The molecule has 2 saturated heterocycles. The molecular formula is C42H78N4O16S. The van der Waals surface area contributed by atoms with Crippen LogP contribution in [0.4, 0.5) is 4.79 Å². The molecule has 0 aliphatic carbocycles. The molecule has 2 aliphatic heterocycles. The van der Waals surface area contributed by atoms with E-state index in [4.69, 9.17) is 56.8 Å². The summed E-state index contributed by atoms with van der Waals surface area (Å²) in [6.07, 6.45) is 4.77. The Kier molecular flexibility index (Phi) is 38.3. The first-order chi connectivity index (χ1) is 31.0. The monoisotopic (exact) mass is 927 g/mol. The minimum Gasteiger partial charge on any atom is -0.379 e. The van der Waals surface area contributed by atoms with Gasteiger partial charge in [0, 0.05) is 50.3 Å². The van der Waals surface area contributed by atoms with Crippen molar-refractivity contribution in [1.82, 2.24) is 21.3 Å². The number of ketones is 1. The summed E-state index contributed by atoms with van der Waals surface area (Å²) in [4.78, 5) is 46.1. The molecule has 0 saturated carbocycles. The lowest BCUT2D eigenvalue weighted by atomic mass is 10.0. The van der Waals surface area contributed by atoms with Crippen molar-refractivity contribution in [3.8, 4) is 0 Å². The average Bonchev–Trinajstić information content (AvgIpc) is 3.83. The molecule has 0 aromatic carbocycles. The molecule has 20 nitrogen and oxygen atoms in total. The summed E-state index contributed by atoms with van der Waals surface area (Å²) in [7, 11) is 0. The number of hydrogen-bond acceptors (Lipinski definition) is 17. The van der Waals surface area contributed by atoms with Crippen LogP contribution in [0.25, 0.3) is 0 Å². The Balaban J connectivity index is 1.13. The first-order valence-corrected chi connectivity index (χ1v) is 23.6. The van der Waals surface area contributed by atoms with Gasteiger partial charge in [0.25, 0.3) is 0 Å². The number of amides is 4. The number of Topliss-reactive ketones (excluding diaryl/α,β-unsaturated/α-hetero) is 1. The number of urea groups is 1. The third kappa shape index (κ3) is 35.7. The molecule has 0 unspecified atom stereocenters. The molecule has 4 amide bonds. The van der Waals surface area contributed by atoms with Crippen LogP contribution in [0.3, 0.4) is 0 Å². The van der Waals surface area contributed by atoms with Crippen LogP contribution in [0, 0.1) is 0 Å². The van der Waals surface area contributed by atoms with Gasteiger partial charge in [-0.25, -0.2) is 4.79 Å². The number of unbranched alkanes of at least 4 members (excludes halogenated alkanes) is 1. The Bertz CT molecular complexity index is 1140. The zero-order valence-corrected chi connectivity index (χ0v) is 38.5. The van der Waals surface area contributed by atoms with E-state index in [-0.39, 0.29) is 35.7 Å². The fourth-order valence-corrected chi connectivity index (χ4v) is 7.55. The summed E-state index contributed by atoms with van der Waals surface area (Å²) in [5, 5.41) is 11.9. The van der Waals surface area contributed by atoms with E-state index in [0.717, 1.165) is 25.0 Å². The number of hydrogen-bond donors (Lipinski definition) is 4. The molecule has 2 aliphatic rings. The zero-order valence-electron chi connectivity index (χ0n) is 37.7. The van der Waals surface area contributed by atoms with E-state index in [1.165, 1.54) is 6.92 Å². The lowest BCUT2D eigenvalue weighted by molar-refractivity contribution is -0.121. The minimum absolute atomic E-state index is 0.0381. The van der Waals surface area contributed by atoms with Crippen LogP contribution in [-0.2, 0) is 71.2 Å². The Morgan fingerprint density at radius 2 is 0.905 bits per heavy atom. The number of ether oxygens (including phenoxy) is 12. The summed E-state index contributed by atoms with van der Waals surface area (Å²) in [5.74, 6) is 1.03. The number of fused-ring (bicyclic) bond motifs is 1. The van der Waals surface area contributed by atoms with Crippen molar-refractivity contribution in [2.45, 2.75) is 69.2 Å². The molecule has 0 bridgehead atoms. The number of nitrogens with one attached hydrogen (secondary N) is 4. The number of rotatable bonds is 48. The highest BCUT2D eigenvalue weighted by atomic mass is 32.2. The van der Waals surface area contributed by atoms with E-state index in [1.807, 2.05) is 11.8 Å². The quantitative estimate of drug-likeness (QED) is 0.0491. The van der Waals surface area contributed by atoms with Gasteiger partial charge in [-0.05, 0) is 19.3 Å². The van der Waals surface area contributed by atoms with Crippen LogP contribution in [0.15, 0.2) is 0 Å². The second-order valence-electron chi connectivity index (χ2n) is 14.4. The molecular weight excluding hydrogens is 849 g/mol. The zero-order chi connectivity index (χ0) is 45.1. The Hall–Kier alpha value is -2.25. The smallest absolute Gasteiger partial charge is 0.315 e. The molecule has 21 heteroatoms. The van der Waals surface area contributed by atoms with Crippen LogP contribution in [0.5, 0.6) is 0 Å². The fourth-order valence-electron chi connectivity index (χ4n) is 6.01. The average molecular weight is 927 g/mol. The van der Waals surface area contributed by atoms with Crippen molar-refractivity contribution in [1.29, 1.82) is 0 Å². The maximum absolute atomic E-state index is 12.1. The number of thioether (sulfide) groups is 1. The summed E-state index contributed by atoms with van der Waals surface area (Å²) < 4.78 is 65.8. The molecule has 2 rings (SSSR count). The highest BCUT2D eigenvalue weighted by molar-refractivity contribution is 8.00. The van der Waals surface area contributed by atoms with E-state index < -0.39 is 0 Å². The molecule has 2 heterocycles. The van der Waals surface area contributed by atoms with Crippen molar-refractivity contribution in [3.63, 3.8) is 0 Å². The summed E-state index contributed by atoms with van der Waals surface area (Å²) >= 11 is 1.90. The SMILES string of the molecule is CC(=O)NCCCC(=O)CCOCCOCCOCCOCCOCCOCCOCCOCCOCCOCCOCCOCCNC(=O)CCCC[C@@H]1SC[C@@H]2NC(=O)N[C@@H]21. The van der Waals surface area contributed by atoms with Crippen LogP contribution in [-0.4, -0.2) is 218 Å². The van der Waals surface area contributed by atoms with E-state index in [2.05, 4.69) is 21.3 Å². The Morgan fingerprint density at radius 3 is 1.33 bits per heavy atom. The molecule has 0 spiro atoms. The summed E-state index contributed by atoms with van der Waals surface area (Å²) in [5.41, 5.74) is 0. The van der Waals surface area contributed by atoms with E-state index in [9.17, 15) is 19.2 Å². The predicted octanol–water partition coefficient (Wildman–Crippen LogP) is 0.903. The van der Waals surface area contributed by atoms with Crippen LogP contribution < -0.4 is 21.3 Å². The van der Waals surface area contributed by atoms with Gasteiger partial charge in [0.05, 0.1) is 171 Å². The third-order valence-corrected chi connectivity index (χ3v) is 10.8. The normalized spacial score (nSPS) is 16.8. The molecule has 3 atom stereocenters. The molecule has 368 valence electrons. The third-order valence-electron chi connectivity index (χ3n) is 9.27. The van der Waals surface area contributed by atoms with Gasteiger partial charge >= 0.3 is 6.03 Å². The highest BCUT2D eigenvalue weighted by Gasteiger charge is 2.42. The predicted molar refractivity (Wildman–Crippen MR) is 234 cm³/mol. The van der Waals surface area contributed by atoms with Gasteiger partial charge in [0.1, 0.15) is 5.78 Å². The maximum Gasteiger partial charge on any atom is 0.315 e. The van der Waals surface area contributed by atoms with E-state index in [1.54, 1.807) is 0 Å². The maximum atomic E-state index is 12.1. The number of carbonyl (C=O) groups is 4. The van der Waals surface area contributed by atoms with Crippen LogP contribution >= 0.6 is 11.8 Å². The van der Waals surface area contributed by atoms with Crippen molar-refractivity contribution >= 4 is 35.4 Å². The molecule has 63 heavy (non-hydrogen) atoms. The van der Waals surface area contributed by atoms with E-state index in [0.29, 0.717) is 203 Å². The minimum atomic E-state index is -0.0867. The molecule has 4 N–H and O–H groups in total. The highest BCUT2D eigenvalue weighted by Crippen LogP contribution is 2.33. The first kappa shape index (κ1) is 56.9. The van der Waals surface area contributed by atoms with Gasteiger partial charge in [-0.3, -0.25) is 14.4 Å². The Labute approximate surface area is 378 Å². The largest absolute Gasteiger partial charge is 0.379 e. The summed E-state index contributed by atoms with van der Waals surface area (Å²) in [6, 6.07) is 0.393.